The Morgan fingerprint density at radius 3 is 1.73 bits per heavy atom. The number of rotatable bonds is 9. The fourth-order valence-corrected chi connectivity index (χ4v) is 3.80. The number of hydrogen-bond acceptors (Lipinski definition) is 3. The third-order valence-electron chi connectivity index (χ3n) is 5.22. The molecule has 3 aromatic carbocycles. The Morgan fingerprint density at radius 1 is 0.767 bits per heavy atom. The van der Waals surface area contributed by atoms with Crippen LogP contribution in [0.3, 0.4) is 0 Å². The zero-order valence-electron chi connectivity index (χ0n) is 17.5. The highest BCUT2D eigenvalue weighted by molar-refractivity contribution is 6.10. The molecule has 152 valence electrons. The van der Waals surface area contributed by atoms with Crippen LogP contribution in [0.4, 0.5) is 0 Å². The zero-order chi connectivity index (χ0) is 21.5. The van der Waals surface area contributed by atoms with Crippen molar-refractivity contribution in [3.63, 3.8) is 0 Å². The van der Waals surface area contributed by atoms with E-state index in [1.54, 1.807) is 12.1 Å². The molecule has 0 bridgehead atoms. The lowest BCUT2D eigenvalue weighted by Gasteiger charge is -2.30. The minimum absolute atomic E-state index is 0.0140. The van der Waals surface area contributed by atoms with Crippen LogP contribution >= 0.6 is 0 Å². The van der Waals surface area contributed by atoms with Crippen LogP contribution in [-0.4, -0.2) is 37.1 Å². The minimum Gasteiger partial charge on any atom is -0.309 e. The monoisotopic (exact) mass is 397 g/mol. The van der Waals surface area contributed by atoms with Crippen molar-refractivity contribution in [2.24, 2.45) is 5.92 Å². The van der Waals surface area contributed by atoms with E-state index < -0.39 is 11.8 Å². The third-order valence-corrected chi connectivity index (χ3v) is 5.22. The summed E-state index contributed by atoms with van der Waals surface area (Å²) in [5, 5.41) is 0. The summed E-state index contributed by atoms with van der Waals surface area (Å²) >= 11 is 0. The van der Waals surface area contributed by atoms with E-state index in [0.717, 1.165) is 5.56 Å². The van der Waals surface area contributed by atoms with Gasteiger partial charge in [-0.25, -0.2) is 0 Å². The van der Waals surface area contributed by atoms with E-state index in [2.05, 4.69) is 6.58 Å². The summed E-state index contributed by atoms with van der Waals surface area (Å²) in [6.07, 6.45) is 0. The number of allylic oxidation sites excluding steroid dienone is 1. The molecule has 30 heavy (non-hydrogen) atoms. The van der Waals surface area contributed by atoms with Crippen molar-refractivity contribution in [3.8, 4) is 0 Å². The fraction of sp³-hybridized carbons (Fsp3) is 0.185. The van der Waals surface area contributed by atoms with Gasteiger partial charge in [-0.2, -0.15) is 0 Å². The van der Waals surface area contributed by atoms with Crippen LogP contribution < -0.4 is 0 Å². The van der Waals surface area contributed by atoms with E-state index in [4.69, 9.17) is 0 Å². The van der Waals surface area contributed by atoms with Gasteiger partial charge in [-0.3, -0.25) is 9.59 Å². The van der Waals surface area contributed by atoms with E-state index in [-0.39, 0.29) is 11.6 Å². The van der Waals surface area contributed by atoms with Crippen molar-refractivity contribution in [1.29, 1.82) is 0 Å². The summed E-state index contributed by atoms with van der Waals surface area (Å²) in [6, 6.07) is 28.1. The van der Waals surface area contributed by atoms with Gasteiger partial charge in [0.2, 0.25) is 0 Å². The quantitative estimate of drug-likeness (QED) is 0.365. The van der Waals surface area contributed by atoms with Gasteiger partial charge in [0, 0.05) is 35.1 Å². The van der Waals surface area contributed by atoms with E-state index in [1.165, 1.54) is 0 Å². The topological polar surface area (TPSA) is 37.4 Å². The van der Waals surface area contributed by atoms with E-state index in [9.17, 15) is 9.59 Å². The molecule has 0 amide bonds. The highest BCUT2D eigenvalue weighted by Crippen LogP contribution is 2.35. The van der Waals surface area contributed by atoms with E-state index in [1.807, 2.05) is 97.9 Å². The molecular formula is C27H27NO2. The summed E-state index contributed by atoms with van der Waals surface area (Å²) < 4.78 is 0. The minimum atomic E-state index is -0.440. The Balaban J connectivity index is 2.07. The van der Waals surface area contributed by atoms with Gasteiger partial charge < -0.3 is 4.90 Å². The number of hydrogen-bond donors (Lipinski definition) is 0. The second-order valence-corrected chi connectivity index (χ2v) is 7.71. The highest BCUT2D eigenvalue weighted by atomic mass is 16.1. The average molecular weight is 398 g/mol. The van der Waals surface area contributed by atoms with Gasteiger partial charge in [0.15, 0.2) is 11.6 Å². The lowest BCUT2D eigenvalue weighted by atomic mass is 9.75. The van der Waals surface area contributed by atoms with Gasteiger partial charge in [-0.05, 0) is 19.7 Å². The van der Waals surface area contributed by atoms with Crippen molar-refractivity contribution in [2.75, 3.05) is 20.6 Å². The molecule has 0 aromatic heterocycles. The maximum Gasteiger partial charge on any atom is 0.189 e. The molecule has 3 heteroatoms. The molecular weight excluding hydrogens is 370 g/mol. The predicted octanol–water partition coefficient (Wildman–Crippen LogP) is 5.27. The van der Waals surface area contributed by atoms with Crippen molar-refractivity contribution in [1.82, 2.24) is 4.90 Å². The first-order valence-corrected chi connectivity index (χ1v) is 10.1. The molecule has 0 heterocycles. The number of benzene rings is 3. The largest absolute Gasteiger partial charge is 0.309 e. The fourth-order valence-electron chi connectivity index (χ4n) is 3.80. The maximum atomic E-state index is 13.6. The van der Waals surface area contributed by atoms with Crippen molar-refractivity contribution >= 4 is 11.6 Å². The molecule has 0 saturated heterocycles. The number of carbonyl (C=O) groups is 2. The standard InChI is InChI=1S/C27H27NO2/c1-20(26(29)22-15-9-5-10-16-22)25(21-13-7-4-8-14-21)24(19-28(2)3)27(30)23-17-11-6-12-18-23/h4-18,24-25H,1,19H2,2-3H3. The summed E-state index contributed by atoms with van der Waals surface area (Å²) in [4.78, 5) is 28.9. The molecule has 0 saturated carbocycles. The molecule has 2 unspecified atom stereocenters. The van der Waals surface area contributed by atoms with Crippen LogP contribution in [0.2, 0.25) is 0 Å². The number of ketones is 2. The van der Waals surface area contributed by atoms with Crippen LogP contribution in [0, 0.1) is 5.92 Å². The lowest BCUT2D eigenvalue weighted by Crippen LogP contribution is -2.34. The van der Waals surface area contributed by atoms with Gasteiger partial charge >= 0.3 is 0 Å². The van der Waals surface area contributed by atoms with Gasteiger partial charge in [0.1, 0.15) is 0 Å². The Hall–Kier alpha value is -3.30. The Bertz CT molecular complexity index is 995. The second-order valence-electron chi connectivity index (χ2n) is 7.71. The summed E-state index contributed by atoms with van der Waals surface area (Å²) in [5.74, 6) is -0.979. The number of nitrogens with zero attached hydrogens (tertiary/aromatic N) is 1. The zero-order valence-corrected chi connectivity index (χ0v) is 17.5. The lowest BCUT2D eigenvalue weighted by molar-refractivity contribution is 0.0876. The Kier molecular flexibility index (Phi) is 7.10. The van der Waals surface area contributed by atoms with E-state index >= 15 is 0 Å². The highest BCUT2D eigenvalue weighted by Gasteiger charge is 2.35. The maximum absolute atomic E-state index is 13.6. The van der Waals surface area contributed by atoms with Crippen LogP contribution in [-0.2, 0) is 0 Å². The summed E-state index contributed by atoms with van der Waals surface area (Å²) in [5.41, 5.74) is 2.58. The Labute approximate surface area is 178 Å². The van der Waals surface area contributed by atoms with E-state index in [0.29, 0.717) is 23.2 Å². The summed E-state index contributed by atoms with van der Waals surface area (Å²) in [6.45, 7) is 4.70. The first-order valence-electron chi connectivity index (χ1n) is 10.1. The van der Waals surface area contributed by atoms with Crippen LogP contribution in [0.1, 0.15) is 32.2 Å². The van der Waals surface area contributed by atoms with Gasteiger partial charge in [-0.15, -0.1) is 0 Å². The first-order chi connectivity index (χ1) is 14.5. The van der Waals surface area contributed by atoms with Crippen molar-refractivity contribution in [3.05, 3.63) is 120 Å². The molecule has 0 N–H and O–H groups in total. The molecule has 0 aliphatic carbocycles. The Morgan fingerprint density at radius 2 is 1.23 bits per heavy atom. The molecule has 3 nitrogen and oxygen atoms in total. The van der Waals surface area contributed by atoms with Crippen LogP contribution in [0.25, 0.3) is 0 Å². The molecule has 3 rings (SSSR count). The second kappa shape index (κ2) is 9.95. The van der Waals surface area contributed by atoms with Crippen molar-refractivity contribution in [2.45, 2.75) is 5.92 Å². The number of carbonyl (C=O) groups excluding carboxylic acids is 2. The van der Waals surface area contributed by atoms with Crippen LogP contribution in [0.5, 0.6) is 0 Å². The van der Waals surface area contributed by atoms with Gasteiger partial charge in [0.05, 0.1) is 0 Å². The molecule has 3 aromatic rings. The molecule has 0 fully saturated rings. The van der Waals surface area contributed by atoms with Crippen LogP contribution in [0.15, 0.2) is 103 Å². The molecule has 0 aliphatic heterocycles. The summed E-state index contributed by atoms with van der Waals surface area (Å²) in [7, 11) is 3.88. The van der Waals surface area contributed by atoms with Gasteiger partial charge in [0.25, 0.3) is 0 Å². The smallest absolute Gasteiger partial charge is 0.189 e. The SMILES string of the molecule is C=C(C(=O)c1ccccc1)C(c1ccccc1)C(CN(C)C)C(=O)c1ccccc1. The third kappa shape index (κ3) is 5.00. The molecule has 0 radical (unpaired) electrons. The molecule has 0 spiro atoms. The number of Topliss-reactive ketones (excluding diaryl/α,β-unsaturated/α-hetero) is 2. The molecule has 2 atom stereocenters. The normalized spacial score (nSPS) is 12.9. The molecule has 0 aliphatic rings. The van der Waals surface area contributed by atoms with Crippen molar-refractivity contribution < 1.29 is 9.59 Å². The van der Waals surface area contributed by atoms with Gasteiger partial charge in [-0.1, -0.05) is 97.6 Å². The first kappa shape index (κ1) is 21.4. The average Bonchev–Trinajstić information content (AvgIpc) is 2.79. The predicted molar refractivity (Wildman–Crippen MR) is 122 cm³/mol.